The van der Waals surface area contributed by atoms with Crippen molar-refractivity contribution in [2.75, 3.05) is 0 Å². The van der Waals surface area contributed by atoms with Crippen LogP contribution in [0, 0.1) is 17.3 Å². The van der Waals surface area contributed by atoms with Gasteiger partial charge in [0.25, 0.3) is 0 Å². The number of carbonyl (C=O) groups is 2. The molecule has 0 bridgehead atoms. The summed E-state index contributed by atoms with van der Waals surface area (Å²) < 4.78 is 0. The molecule has 0 aromatic carbocycles. The first kappa shape index (κ1) is 12.4. The number of carboxylic acids is 1. The number of amides is 1. The fourth-order valence-electron chi connectivity index (χ4n) is 3.13. The van der Waals surface area contributed by atoms with E-state index >= 15 is 0 Å². The van der Waals surface area contributed by atoms with Crippen LogP contribution >= 0.6 is 0 Å². The van der Waals surface area contributed by atoms with Crippen molar-refractivity contribution in [1.82, 2.24) is 5.32 Å². The molecule has 4 nitrogen and oxygen atoms in total. The summed E-state index contributed by atoms with van der Waals surface area (Å²) in [5.41, 5.74) is -0.384. The first-order valence-electron chi connectivity index (χ1n) is 6.48. The summed E-state index contributed by atoms with van der Waals surface area (Å²) in [6.45, 7) is 3.72. The Balaban J connectivity index is 1.90. The predicted molar refractivity (Wildman–Crippen MR) is 63.4 cm³/mol. The van der Waals surface area contributed by atoms with Crippen molar-refractivity contribution in [2.45, 2.75) is 52.0 Å². The number of hydrogen-bond donors (Lipinski definition) is 2. The molecule has 0 saturated heterocycles. The lowest BCUT2D eigenvalue weighted by molar-refractivity contribution is -0.140. The molecule has 0 aliphatic heterocycles. The van der Waals surface area contributed by atoms with Gasteiger partial charge in [0.15, 0.2) is 0 Å². The quantitative estimate of drug-likeness (QED) is 0.789. The second-order valence-corrected chi connectivity index (χ2v) is 5.96. The molecule has 17 heavy (non-hydrogen) atoms. The molecule has 0 aromatic heterocycles. The molecule has 0 unspecified atom stereocenters. The summed E-state index contributed by atoms with van der Waals surface area (Å²) in [7, 11) is 0. The van der Waals surface area contributed by atoms with Crippen LogP contribution in [-0.4, -0.2) is 23.0 Å². The molecule has 96 valence electrons. The highest BCUT2D eigenvalue weighted by Crippen LogP contribution is 2.58. The average Bonchev–Trinajstić information content (AvgIpc) is 2.83. The summed E-state index contributed by atoms with van der Waals surface area (Å²) in [6.07, 6.45) is 5.66. The average molecular weight is 239 g/mol. The molecule has 1 amide bonds. The van der Waals surface area contributed by atoms with E-state index < -0.39 is 11.9 Å². The molecule has 0 radical (unpaired) electrons. The van der Waals surface area contributed by atoms with Gasteiger partial charge in [0.2, 0.25) is 5.91 Å². The Labute approximate surface area is 102 Å². The van der Waals surface area contributed by atoms with Gasteiger partial charge in [-0.2, -0.15) is 0 Å². The Kier molecular flexibility index (Phi) is 3.15. The third-order valence-corrected chi connectivity index (χ3v) is 4.33. The maximum atomic E-state index is 12.0. The van der Waals surface area contributed by atoms with E-state index in [2.05, 4.69) is 5.32 Å². The maximum Gasteiger partial charge on any atom is 0.307 e. The minimum absolute atomic E-state index is 0.0608. The topological polar surface area (TPSA) is 66.4 Å². The van der Waals surface area contributed by atoms with Crippen LogP contribution in [0.2, 0.25) is 0 Å². The van der Waals surface area contributed by atoms with Gasteiger partial charge in [0.05, 0.1) is 11.8 Å². The van der Waals surface area contributed by atoms with Gasteiger partial charge in [0, 0.05) is 6.04 Å². The Hall–Kier alpha value is -1.06. The van der Waals surface area contributed by atoms with Gasteiger partial charge in [0.1, 0.15) is 0 Å². The van der Waals surface area contributed by atoms with E-state index in [1.54, 1.807) is 0 Å². The number of carboxylic acid groups (broad SMARTS) is 1. The summed E-state index contributed by atoms with van der Waals surface area (Å²) >= 11 is 0. The third-order valence-electron chi connectivity index (χ3n) is 4.33. The van der Waals surface area contributed by atoms with Gasteiger partial charge < -0.3 is 10.4 Å². The molecule has 2 aliphatic rings. The van der Waals surface area contributed by atoms with Crippen LogP contribution in [0.5, 0.6) is 0 Å². The Morgan fingerprint density at radius 3 is 2.18 bits per heavy atom. The third kappa shape index (κ3) is 2.31. The molecule has 0 heterocycles. The van der Waals surface area contributed by atoms with Crippen molar-refractivity contribution in [3.8, 4) is 0 Å². The van der Waals surface area contributed by atoms with Crippen LogP contribution in [0.25, 0.3) is 0 Å². The first-order valence-corrected chi connectivity index (χ1v) is 6.48. The summed E-state index contributed by atoms with van der Waals surface area (Å²) in [6, 6.07) is 0.266. The van der Waals surface area contributed by atoms with Gasteiger partial charge in [-0.3, -0.25) is 9.59 Å². The van der Waals surface area contributed by atoms with Crippen LogP contribution in [-0.2, 0) is 9.59 Å². The van der Waals surface area contributed by atoms with E-state index in [0.717, 1.165) is 12.8 Å². The number of hydrogen-bond acceptors (Lipinski definition) is 2. The smallest absolute Gasteiger partial charge is 0.307 e. The molecular weight excluding hydrogens is 218 g/mol. The van der Waals surface area contributed by atoms with E-state index in [0.29, 0.717) is 0 Å². The molecule has 0 spiro atoms. The van der Waals surface area contributed by atoms with Gasteiger partial charge in [-0.15, -0.1) is 0 Å². The predicted octanol–water partition coefficient (Wildman–Crippen LogP) is 1.79. The zero-order valence-electron chi connectivity index (χ0n) is 10.5. The van der Waals surface area contributed by atoms with Crippen LogP contribution in [0.1, 0.15) is 46.0 Å². The van der Waals surface area contributed by atoms with Crippen LogP contribution in [0.4, 0.5) is 0 Å². The lowest BCUT2D eigenvalue weighted by atomic mass is 9.95. The van der Waals surface area contributed by atoms with Gasteiger partial charge in [-0.25, -0.2) is 0 Å². The van der Waals surface area contributed by atoms with E-state index in [9.17, 15) is 9.59 Å². The number of rotatable bonds is 3. The fourth-order valence-corrected chi connectivity index (χ4v) is 3.13. The second kappa shape index (κ2) is 4.31. The van der Waals surface area contributed by atoms with E-state index in [1.165, 1.54) is 19.3 Å². The highest BCUT2D eigenvalue weighted by Gasteiger charge is 2.65. The fraction of sp³-hybridized carbons (Fsp3) is 0.846. The molecule has 2 atom stereocenters. The van der Waals surface area contributed by atoms with Crippen molar-refractivity contribution < 1.29 is 14.7 Å². The van der Waals surface area contributed by atoms with Gasteiger partial charge >= 0.3 is 5.97 Å². The lowest BCUT2D eigenvalue weighted by Crippen LogP contribution is -2.38. The first-order chi connectivity index (χ1) is 7.94. The van der Waals surface area contributed by atoms with E-state index in [4.69, 9.17) is 5.11 Å². The maximum absolute atomic E-state index is 12.0. The lowest BCUT2D eigenvalue weighted by Gasteiger charge is -2.23. The summed E-state index contributed by atoms with van der Waals surface area (Å²) in [5, 5.41) is 12.1. The minimum atomic E-state index is -0.848. The molecule has 2 saturated carbocycles. The molecular formula is C13H21NO3. The standard InChI is InChI=1S/C13H21NO3/c1-13(2)9(10(13)12(16)17)11(15)14-8-6-4-3-5-7-8/h8-10H,3-7H2,1-2H3,(H,14,15)(H,16,17)/t9-,10+/m1/s1. The largest absolute Gasteiger partial charge is 0.481 e. The zero-order chi connectivity index (χ0) is 12.6. The van der Waals surface area contributed by atoms with Gasteiger partial charge in [-0.1, -0.05) is 33.1 Å². The molecule has 0 aromatic rings. The normalized spacial score (nSPS) is 31.9. The molecule has 2 rings (SSSR count). The van der Waals surface area contributed by atoms with E-state index in [1.807, 2.05) is 13.8 Å². The van der Waals surface area contributed by atoms with Crippen LogP contribution < -0.4 is 5.32 Å². The molecule has 2 aliphatic carbocycles. The zero-order valence-corrected chi connectivity index (χ0v) is 10.5. The Bertz CT molecular complexity index is 332. The van der Waals surface area contributed by atoms with Crippen molar-refractivity contribution in [2.24, 2.45) is 17.3 Å². The molecule has 2 N–H and O–H groups in total. The Morgan fingerprint density at radius 2 is 1.71 bits per heavy atom. The van der Waals surface area contributed by atoms with E-state index in [-0.39, 0.29) is 23.3 Å². The Morgan fingerprint density at radius 1 is 1.12 bits per heavy atom. The highest BCUT2D eigenvalue weighted by atomic mass is 16.4. The number of nitrogens with one attached hydrogen (secondary N) is 1. The van der Waals surface area contributed by atoms with Gasteiger partial charge in [-0.05, 0) is 18.3 Å². The SMILES string of the molecule is CC1(C)[C@H](C(=O)O)[C@@H]1C(=O)NC1CCCCC1. The van der Waals surface area contributed by atoms with Crippen LogP contribution in [0.3, 0.4) is 0 Å². The van der Waals surface area contributed by atoms with Crippen molar-refractivity contribution in [3.63, 3.8) is 0 Å². The van der Waals surface area contributed by atoms with Crippen LogP contribution in [0.15, 0.2) is 0 Å². The van der Waals surface area contributed by atoms with Crippen molar-refractivity contribution in [3.05, 3.63) is 0 Å². The highest BCUT2D eigenvalue weighted by molar-refractivity contribution is 5.91. The van der Waals surface area contributed by atoms with Crippen molar-refractivity contribution >= 4 is 11.9 Å². The minimum Gasteiger partial charge on any atom is -0.481 e. The molecule has 2 fully saturated rings. The molecule has 4 heteroatoms. The number of carbonyl (C=O) groups excluding carboxylic acids is 1. The monoisotopic (exact) mass is 239 g/mol. The number of aliphatic carboxylic acids is 1. The van der Waals surface area contributed by atoms with Crippen molar-refractivity contribution in [1.29, 1.82) is 0 Å². The second-order valence-electron chi connectivity index (χ2n) is 5.96. The summed E-state index contributed by atoms with van der Waals surface area (Å²) in [4.78, 5) is 23.0. The summed E-state index contributed by atoms with van der Waals surface area (Å²) in [5.74, 6) is -1.76.